The molecule has 2 atom stereocenters. The van der Waals surface area contributed by atoms with Crippen LogP contribution >= 0.6 is 0 Å². The zero-order chi connectivity index (χ0) is 14.0. The number of nitrogens with one attached hydrogen (secondary N) is 1. The van der Waals surface area contributed by atoms with Crippen molar-refractivity contribution in [2.75, 3.05) is 6.61 Å². The Bertz CT molecular complexity index is 489. The minimum atomic E-state index is -0.416. The van der Waals surface area contributed by atoms with Crippen LogP contribution in [0.4, 0.5) is 4.39 Å². The van der Waals surface area contributed by atoms with Crippen molar-refractivity contribution >= 4 is 5.91 Å². The molecular formula is C14H19FN2O2. The number of amides is 1. The van der Waals surface area contributed by atoms with E-state index in [0.717, 1.165) is 0 Å². The van der Waals surface area contributed by atoms with Crippen molar-refractivity contribution in [2.24, 2.45) is 5.73 Å². The summed E-state index contributed by atoms with van der Waals surface area (Å²) in [6, 6.07) is 2.75. The van der Waals surface area contributed by atoms with Gasteiger partial charge in [0, 0.05) is 24.4 Å². The summed E-state index contributed by atoms with van der Waals surface area (Å²) in [4.78, 5) is 11.5. The van der Waals surface area contributed by atoms with Gasteiger partial charge in [0.2, 0.25) is 5.91 Å². The van der Waals surface area contributed by atoms with Crippen molar-refractivity contribution in [3.8, 4) is 5.75 Å². The van der Waals surface area contributed by atoms with Crippen LogP contribution in [0, 0.1) is 5.82 Å². The number of halogens is 1. The van der Waals surface area contributed by atoms with Gasteiger partial charge < -0.3 is 15.8 Å². The molecule has 0 saturated carbocycles. The molecular weight excluding hydrogens is 247 g/mol. The quantitative estimate of drug-likeness (QED) is 0.881. The third-order valence-corrected chi connectivity index (χ3v) is 3.31. The van der Waals surface area contributed by atoms with Crippen LogP contribution in [-0.4, -0.2) is 12.5 Å². The van der Waals surface area contributed by atoms with Gasteiger partial charge in [0.1, 0.15) is 0 Å². The van der Waals surface area contributed by atoms with E-state index in [1.807, 2.05) is 6.07 Å². The number of benzene rings is 1. The normalized spacial score (nSPS) is 19.3. The van der Waals surface area contributed by atoms with Crippen LogP contribution < -0.4 is 15.8 Å². The Labute approximate surface area is 112 Å². The lowest BCUT2D eigenvalue weighted by Gasteiger charge is -2.28. The first-order chi connectivity index (χ1) is 9.02. The summed E-state index contributed by atoms with van der Waals surface area (Å²) in [7, 11) is 0. The summed E-state index contributed by atoms with van der Waals surface area (Å²) in [5.74, 6) is -0.234. The van der Waals surface area contributed by atoms with Gasteiger partial charge in [0.25, 0.3) is 0 Å². The largest absolute Gasteiger partial charge is 0.490 e. The number of hydrogen-bond acceptors (Lipinski definition) is 3. The van der Waals surface area contributed by atoms with E-state index in [0.29, 0.717) is 30.6 Å². The van der Waals surface area contributed by atoms with Crippen LogP contribution in [0.15, 0.2) is 12.1 Å². The molecule has 1 aliphatic heterocycles. The monoisotopic (exact) mass is 266 g/mol. The first-order valence-electron chi connectivity index (χ1n) is 6.54. The molecule has 0 fully saturated rings. The molecule has 0 bridgehead atoms. The maximum Gasteiger partial charge on any atom is 0.220 e. The Hall–Kier alpha value is -1.62. The highest BCUT2D eigenvalue weighted by Crippen LogP contribution is 2.36. The van der Waals surface area contributed by atoms with Crippen LogP contribution in [0.5, 0.6) is 5.75 Å². The molecule has 0 aliphatic carbocycles. The molecule has 4 nitrogen and oxygen atoms in total. The summed E-state index contributed by atoms with van der Waals surface area (Å²) in [6.45, 7) is 3.98. The highest BCUT2D eigenvalue weighted by Gasteiger charge is 2.26. The Kier molecular flexibility index (Phi) is 4.04. The number of fused-ring (bicyclic) bond motifs is 1. The van der Waals surface area contributed by atoms with Crippen molar-refractivity contribution in [1.29, 1.82) is 0 Å². The topological polar surface area (TPSA) is 64.3 Å². The molecule has 2 rings (SSSR count). The smallest absolute Gasteiger partial charge is 0.220 e. The zero-order valence-corrected chi connectivity index (χ0v) is 11.2. The molecule has 1 aliphatic rings. The predicted molar refractivity (Wildman–Crippen MR) is 70.3 cm³/mol. The molecule has 0 spiro atoms. The molecule has 0 aromatic heterocycles. The summed E-state index contributed by atoms with van der Waals surface area (Å²) in [5.41, 5.74) is 7.18. The van der Waals surface area contributed by atoms with Crippen LogP contribution in [0.1, 0.15) is 49.9 Å². The molecule has 0 saturated heterocycles. The van der Waals surface area contributed by atoms with Gasteiger partial charge in [-0.1, -0.05) is 6.92 Å². The first kappa shape index (κ1) is 13.8. The fourth-order valence-electron chi connectivity index (χ4n) is 2.19. The molecule has 19 heavy (non-hydrogen) atoms. The van der Waals surface area contributed by atoms with Gasteiger partial charge >= 0.3 is 0 Å². The number of ether oxygens (including phenoxy) is 1. The minimum absolute atomic E-state index is 0.0514. The van der Waals surface area contributed by atoms with E-state index >= 15 is 0 Å². The van der Waals surface area contributed by atoms with Crippen LogP contribution in [0.3, 0.4) is 0 Å². The van der Waals surface area contributed by atoms with Gasteiger partial charge in [-0.15, -0.1) is 0 Å². The van der Waals surface area contributed by atoms with Gasteiger partial charge in [0.05, 0.1) is 12.6 Å². The molecule has 1 aromatic carbocycles. The summed E-state index contributed by atoms with van der Waals surface area (Å²) < 4.78 is 19.4. The fraction of sp³-hybridized carbons (Fsp3) is 0.500. The van der Waals surface area contributed by atoms with Gasteiger partial charge in [-0.2, -0.15) is 0 Å². The standard InChI is InChI=1S/C14H19FN2O2/c1-3-13(18)17-12-4-5-19-14-10(12)6-9(8(2)16)7-11(14)15/h6-8,12H,3-5,16H2,1-2H3,(H,17,18). The molecule has 1 aromatic rings. The lowest BCUT2D eigenvalue weighted by molar-refractivity contribution is -0.121. The van der Waals surface area contributed by atoms with Gasteiger partial charge in [0.15, 0.2) is 11.6 Å². The highest BCUT2D eigenvalue weighted by atomic mass is 19.1. The van der Waals surface area contributed by atoms with E-state index in [-0.39, 0.29) is 23.7 Å². The second-order valence-electron chi connectivity index (χ2n) is 4.82. The SMILES string of the molecule is CCC(=O)NC1CCOc2c(F)cc(C(C)N)cc21. The molecule has 5 heteroatoms. The molecule has 2 unspecified atom stereocenters. The third-order valence-electron chi connectivity index (χ3n) is 3.31. The highest BCUT2D eigenvalue weighted by molar-refractivity contribution is 5.76. The number of rotatable bonds is 3. The molecule has 104 valence electrons. The van der Waals surface area contributed by atoms with E-state index in [1.54, 1.807) is 13.8 Å². The maximum atomic E-state index is 14.0. The number of hydrogen-bond donors (Lipinski definition) is 2. The Morgan fingerprint density at radius 2 is 2.37 bits per heavy atom. The molecule has 3 N–H and O–H groups in total. The minimum Gasteiger partial charge on any atom is -0.490 e. The number of nitrogens with two attached hydrogens (primary N) is 1. The van der Waals surface area contributed by atoms with E-state index in [9.17, 15) is 9.18 Å². The lowest BCUT2D eigenvalue weighted by atomic mass is 9.95. The van der Waals surface area contributed by atoms with Gasteiger partial charge in [-0.25, -0.2) is 4.39 Å². The second-order valence-corrected chi connectivity index (χ2v) is 4.82. The fourth-order valence-corrected chi connectivity index (χ4v) is 2.19. The Morgan fingerprint density at radius 1 is 1.63 bits per heavy atom. The average Bonchev–Trinajstić information content (AvgIpc) is 2.39. The zero-order valence-electron chi connectivity index (χ0n) is 11.2. The van der Waals surface area contributed by atoms with E-state index in [4.69, 9.17) is 10.5 Å². The molecule has 0 radical (unpaired) electrons. The average molecular weight is 266 g/mol. The summed E-state index contributed by atoms with van der Waals surface area (Å²) in [6.07, 6.45) is 1.04. The van der Waals surface area contributed by atoms with Crippen molar-refractivity contribution in [2.45, 2.75) is 38.8 Å². The van der Waals surface area contributed by atoms with E-state index < -0.39 is 5.82 Å². The first-order valence-corrected chi connectivity index (χ1v) is 6.54. The van der Waals surface area contributed by atoms with Crippen molar-refractivity contribution in [3.63, 3.8) is 0 Å². The van der Waals surface area contributed by atoms with Crippen molar-refractivity contribution in [3.05, 3.63) is 29.1 Å². The van der Waals surface area contributed by atoms with Crippen LogP contribution in [-0.2, 0) is 4.79 Å². The van der Waals surface area contributed by atoms with Crippen LogP contribution in [0.2, 0.25) is 0 Å². The Morgan fingerprint density at radius 3 is 3.00 bits per heavy atom. The number of carbonyl (C=O) groups excluding carboxylic acids is 1. The van der Waals surface area contributed by atoms with Gasteiger partial charge in [-0.3, -0.25) is 4.79 Å². The number of carbonyl (C=O) groups is 1. The van der Waals surface area contributed by atoms with Crippen molar-refractivity contribution < 1.29 is 13.9 Å². The van der Waals surface area contributed by atoms with Gasteiger partial charge in [-0.05, 0) is 24.6 Å². The van der Waals surface area contributed by atoms with Crippen molar-refractivity contribution in [1.82, 2.24) is 5.32 Å². The summed E-state index contributed by atoms with van der Waals surface area (Å²) >= 11 is 0. The predicted octanol–water partition coefficient (Wildman–Crippen LogP) is 2.20. The maximum absolute atomic E-state index is 14.0. The van der Waals surface area contributed by atoms with E-state index in [1.165, 1.54) is 6.07 Å². The molecule has 1 heterocycles. The summed E-state index contributed by atoms with van der Waals surface area (Å²) in [5, 5.41) is 2.89. The molecule has 1 amide bonds. The third kappa shape index (κ3) is 2.87. The Balaban J connectivity index is 2.38. The lowest BCUT2D eigenvalue weighted by Crippen LogP contribution is -2.32. The van der Waals surface area contributed by atoms with E-state index in [2.05, 4.69) is 5.32 Å². The second kappa shape index (κ2) is 5.57. The van der Waals surface area contributed by atoms with Crippen LogP contribution in [0.25, 0.3) is 0 Å².